The van der Waals surface area contributed by atoms with Crippen molar-refractivity contribution in [2.75, 3.05) is 54.5 Å². The second-order valence-electron chi connectivity index (χ2n) is 5.98. The van der Waals surface area contributed by atoms with Gasteiger partial charge in [-0.05, 0) is 12.5 Å². The highest BCUT2D eigenvalue weighted by Crippen LogP contribution is 2.20. The zero-order valence-electron chi connectivity index (χ0n) is 13.5. The van der Waals surface area contributed by atoms with Gasteiger partial charge >= 0.3 is 0 Å². The zero-order chi connectivity index (χ0) is 16.2. The number of anilines is 3. The standard InChI is InChI=1S/C16H21N7O/c1-3-19-16(22-7-9-24-10-8-22)21-14(1)20-13-2-6-23(12-13)15-11-17-4-5-18-15/h1,3-5,11,13H,2,6-10,12H2,(H,19,20,21). The van der Waals surface area contributed by atoms with E-state index in [9.17, 15) is 0 Å². The van der Waals surface area contributed by atoms with Crippen LogP contribution in [0.25, 0.3) is 0 Å². The number of rotatable bonds is 4. The van der Waals surface area contributed by atoms with Gasteiger partial charge in [0.25, 0.3) is 0 Å². The van der Waals surface area contributed by atoms with Gasteiger partial charge in [0.2, 0.25) is 5.95 Å². The number of nitrogens with one attached hydrogen (secondary N) is 1. The summed E-state index contributed by atoms with van der Waals surface area (Å²) in [5.74, 6) is 2.57. The summed E-state index contributed by atoms with van der Waals surface area (Å²) in [6, 6.07) is 2.27. The molecule has 1 N–H and O–H groups in total. The molecule has 0 aromatic carbocycles. The maximum Gasteiger partial charge on any atom is 0.227 e. The molecule has 8 heteroatoms. The molecular formula is C16H21N7O. The molecule has 8 nitrogen and oxygen atoms in total. The third-order valence-electron chi connectivity index (χ3n) is 4.35. The molecule has 1 atom stereocenters. The van der Waals surface area contributed by atoms with Crippen LogP contribution in [-0.2, 0) is 4.74 Å². The first kappa shape index (κ1) is 15.1. The first-order valence-corrected chi connectivity index (χ1v) is 8.32. The Balaban J connectivity index is 1.39. The smallest absolute Gasteiger partial charge is 0.227 e. The summed E-state index contributed by atoms with van der Waals surface area (Å²) < 4.78 is 5.38. The Hall–Kier alpha value is -2.48. The lowest BCUT2D eigenvalue weighted by Crippen LogP contribution is -2.37. The van der Waals surface area contributed by atoms with Crippen LogP contribution in [-0.4, -0.2) is 65.4 Å². The number of ether oxygens (including phenoxy) is 1. The van der Waals surface area contributed by atoms with Gasteiger partial charge in [-0.1, -0.05) is 0 Å². The van der Waals surface area contributed by atoms with Crippen LogP contribution in [0, 0.1) is 0 Å². The zero-order valence-corrected chi connectivity index (χ0v) is 13.5. The average molecular weight is 327 g/mol. The van der Waals surface area contributed by atoms with Gasteiger partial charge in [-0.25, -0.2) is 9.97 Å². The fraction of sp³-hybridized carbons (Fsp3) is 0.500. The number of morpholine rings is 1. The Labute approximate surface area is 140 Å². The molecule has 2 saturated heterocycles. The van der Waals surface area contributed by atoms with E-state index in [1.165, 1.54) is 0 Å². The van der Waals surface area contributed by atoms with E-state index in [1.807, 2.05) is 18.5 Å². The van der Waals surface area contributed by atoms with Crippen LogP contribution in [0.3, 0.4) is 0 Å². The number of hydrogen-bond acceptors (Lipinski definition) is 8. The molecule has 24 heavy (non-hydrogen) atoms. The van der Waals surface area contributed by atoms with Crippen LogP contribution in [0.1, 0.15) is 6.42 Å². The van der Waals surface area contributed by atoms with E-state index < -0.39 is 0 Å². The molecule has 0 radical (unpaired) electrons. The van der Waals surface area contributed by atoms with Crippen molar-refractivity contribution in [2.24, 2.45) is 0 Å². The Morgan fingerprint density at radius 2 is 1.96 bits per heavy atom. The molecule has 2 aromatic heterocycles. The second-order valence-corrected chi connectivity index (χ2v) is 5.98. The monoisotopic (exact) mass is 327 g/mol. The SMILES string of the molecule is c1cnc(N2CCC(Nc3ccnc(N4CCOCC4)n3)C2)cn1. The largest absolute Gasteiger partial charge is 0.378 e. The van der Waals surface area contributed by atoms with Crippen LogP contribution >= 0.6 is 0 Å². The molecule has 0 amide bonds. The third-order valence-corrected chi connectivity index (χ3v) is 4.35. The van der Waals surface area contributed by atoms with Crippen LogP contribution in [0.4, 0.5) is 17.6 Å². The predicted molar refractivity (Wildman–Crippen MR) is 91.3 cm³/mol. The molecule has 4 heterocycles. The van der Waals surface area contributed by atoms with Gasteiger partial charge in [0, 0.05) is 50.8 Å². The van der Waals surface area contributed by atoms with Gasteiger partial charge in [0.05, 0.1) is 19.4 Å². The van der Waals surface area contributed by atoms with E-state index in [1.54, 1.807) is 12.4 Å². The molecule has 0 bridgehead atoms. The maximum atomic E-state index is 5.38. The molecule has 2 aliphatic heterocycles. The summed E-state index contributed by atoms with van der Waals surface area (Å²) in [5, 5.41) is 3.52. The summed E-state index contributed by atoms with van der Waals surface area (Å²) in [4.78, 5) is 22.0. The van der Waals surface area contributed by atoms with Gasteiger partial charge in [-0.3, -0.25) is 4.98 Å². The van der Waals surface area contributed by atoms with E-state index in [-0.39, 0.29) is 0 Å². The lowest BCUT2D eigenvalue weighted by atomic mass is 10.2. The Morgan fingerprint density at radius 1 is 1.04 bits per heavy atom. The minimum absolute atomic E-state index is 0.347. The molecule has 2 aliphatic rings. The minimum atomic E-state index is 0.347. The fourth-order valence-corrected chi connectivity index (χ4v) is 3.09. The van der Waals surface area contributed by atoms with E-state index in [0.717, 1.165) is 63.4 Å². The Morgan fingerprint density at radius 3 is 2.79 bits per heavy atom. The van der Waals surface area contributed by atoms with Gasteiger partial charge in [-0.2, -0.15) is 4.98 Å². The first-order valence-electron chi connectivity index (χ1n) is 8.32. The molecule has 0 saturated carbocycles. The van der Waals surface area contributed by atoms with Gasteiger partial charge in [0.15, 0.2) is 0 Å². The summed E-state index contributed by atoms with van der Waals surface area (Å²) in [6.45, 7) is 5.02. The fourth-order valence-electron chi connectivity index (χ4n) is 3.09. The van der Waals surface area contributed by atoms with Crippen molar-refractivity contribution in [3.05, 3.63) is 30.9 Å². The Bertz CT molecular complexity index is 662. The molecule has 2 fully saturated rings. The highest BCUT2D eigenvalue weighted by atomic mass is 16.5. The topological polar surface area (TPSA) is 79.3 Å². The first-order chi connectivity index (χ1) is 11.9. The van der Waals surface area contributed by atoms with E-state index in [0.29, 0.717) is 6.04 Å². The highest BCUT2D eigenvalue weighted by molar-refractivity contribution is 5.44. The predicted octanol–water partition coefficient (Wildman–Crippen LogP) is 0.794. The van der Waals surface area contributed by atoms with E-state index >= 15 is 0 Å². The summed E-state index contributed by atoms with van der Waals surface area (Å²) >= 11 is 0. The maximum absolute atomic E-state index is 5.38. The van der Waals surface area contributed by atoms with Crippen molar-refractivity contribution in [3.63, 3.8) is 0 Å². The number of nitrogens with zero attached hydrogens (tertiary/aromatic N) is 6. The summed E-state index contributed by atoms with van der Waals surface area (Å²) in [7, 11) is 0. The lowest BCUT2D eigenvalue weighted by Gasteiger charge is -2.27. The average Bonchev–Trinajstić information content (AvgIpc) is 3.12. The molecule has 0 spiro atoms. The van der Waals surface area contributed by atoms with Gasteiger partial charge < -0.3 is 19.9 Å². The van der Waals surface area contributed by atoms with Crippen LogP contribution in [0.15, 0.2) is 30.9 Å². The number of aromatic nitrogens is 4. The quantitative estimate of drug-likeness (QED) is 0.883. The van der Waals surface area contributed by atoms with Gasteiger partial charge in [0.1, 0.15) is 11.6 Å². The van der Waals surface area contributed by atoms with Crippen molar-refractivity contribution in [1.29, 1.82) is 0 Å². The number of hydrogen-bond donors (Lipinski definition) is 1. The lowest BCUT2D eigenvalue weighted by molar-refractivity contribution is 0.122. The minimum Gasteiger partial charge on any atom is -0.378 e. The Kier molecular flexibility index (Phi) is 4.37. The molecule has 126 valence electrons. The van der Waals surface area contributed by atoms with Crippen LogP contribution < -0.4 is 15.1 Å². The van der Waals surface area contributed by atoms with Crippen molar-refractivity contribution >= 4 is 17.6 Å². The molecule has 2 aromatic rings. The van der Waals surface area contributed by atoms with Crippen molar-refractivity contribution in [2.45, 2.75) is 12.5 Å². The normalized spacial score (nSPS) is 21.1. The van der Waals surface area contributed by atoms with E-state index in [4.69, 9.17) is 4.74 Å². The van der Waals surface area contributed by atoms with Gasteiger partial charge in [-0.15, -0.1) is 0 Å². The van der Waals surface area contributed by atoms with Crippen molar-refractivity contribution < 1.29 is 4.74 Å². The second kappa shape index (κ2) is 6.96. The van der Waals surface area contributed by atoms with Crippen molar-refractivity contribution in [1.82, 2.24) is 19.9 Å². The molecule has 1 unspecified atom stereocenters. The van der Waals surface area contributed by atoms with Crippen LogP contribution in [0.5, 0.6) is 0 Å². The van der Waals surface area contributed by atoms with E-state index in [2.05, 4.69) is 35.1 Å². The molecule has 0 aliphatic carbocycles. The third kappa shape index (κ3) is 3.38. The highest BCUT2D eigenvalue weighted by Gasteiger charge is 2.24. The van der Waals surface area contributed by atoms with Crippen molar-refractivity contribution in [3.8, 4) is 0 Å². The summed E-state index contributed by atoms with van der Waals surface area (Å²) in [5.41, 5.74) is 0. The molecule has 4 rings (SSSR count). The van der Waals surface area contributed by atoms with Crippen LogP contribution in [0.2, 0.25) is 0 Å². The summed E-state index contributed by atoms with van der Waals surface area (Å²) in [6.07, 6.45) is 8.10. The molecular weight excluding hydrogens is 306 g/mol.